The minimum atomic E-state index is -0.433. The predicted molar refractivity (Wildman–Crippen MR) is 54.7 cm³/mol. The number of nitro benzene ring substituents is 1. The summed E-state index contributed by atoms with van der Waals surface area (Å²) in [7, 11) is 0. The van der Waals surface area contributed by atoms with Gasteiger partial charge in [0.05, 0.1) is 4.92 Å². The summed E-state index contributed by atoms with van der Waals surface area (Å²) in [5.41, 5.74) is 1.18. The Morgan fingerprint density at radius 2 is 2.14 bits per heavy atom. The Bertz CT molecular complexity index is 399. The highest BCUT2D eigenvalue weighted by Gasteiger charge is 2.39. The first-order valence-corrected chi connectivity index (χ1v) is 4.85. The SMILES string of the molecule is CC1(c2ccc(Cl)c([N+](=O)[O-])c2)CC1. The summed E-state index contributed by atoms with van der Waals surface area (Å²) >= 11 is 5.72. The highest BCUT2D eigenvalue weighted by atomic mass is 35.5. The number of nitrogens with zero attached hydrogens (tertiary/aromatic N) is 1. The lowest BCUT2D eigenvalue weighted by Gasteiger charge is -2.08. The van der Waals surface area contributed by atoms with Crippen LogP contribution >= 0.6 is 11.6 Å². The van der Waals surface area contributed by atoms with Gasteiger partial charge in [0.1, 0.15) is 5.02 Å². The third kappa shape index (κ3) is 1.48. The summed E-state index contributed by atoms with van der Waals surface area (Å²) in [6.07, 6.45) is 2.21. The van der Waals surface area contributed by atoms with E-state index in [-0.39, 0.29) is 16.1 Å². The van der Waals surface area contributed by atoms with E-state index in [1.807, 2.05) is 6.07 Å². The van der Waals surface area contributed by atoms with Gasteiger partial charge in [-0.25, -0.2) is 0 Å². The van der Waals surface area contributed by atoms with E-state index < -0.39 is 4.92 Å². The zero-order valence-electron chi connectivity index (χ0n) is 7.79. The van der Waals surface area contributed by atoms with E-state index in [1.165, 1.54) is 0 Å². The molecular formula is C10H10ClNO2. The first kappa shape index (κ1) is 9.46. The Morgan fingerprint density at radius 1 is 1.50 bits per heavy atom. The Hall–Kier alpha value is -1.09. The number of hydrogen-bond acceptors (Lipinski definition) is 2. The monoisotopic (exact) mass is 211 g/mol. The van der Waals surface area contributed by atoms with Crippen molar-refractivity contribution in [2.75, 3.05) is 0 Å². The van der Waals surface area contributed by atoms with Gasteiger partial charge in [-0.3, -0.25) is 10.1 Å². The van der Waals surface area contributed by atoms with Gasteiger partial charge in [-0.2, -0.15) is 0 Å². The van der Waals surface area contributed by atoms with E-state index in [0.29, 0.717) is 0 Å². The van der Waals surface area contributed by atoms with Crippen LogP contribution in [-0.4, -0.2) is 4.92 Å². The van der Waals surface area contributed by atoms with Gasteiger partial charge < -0.3 is 0 Å². The van der Waals surface area contributed by atoms with E-state index in [4.69, 9.17) is 11.6 Å². The van der Waals surface area contributed by atoms with Crippen molar-refractivity contribution < 1.29 is 4.92 Å². The maximum Gasteiger partial charge on any atom is 0.288 e. The largest absolute Gasteiger partial charge is 0.288 e. The molecule has 14 heavy (non-hydrogen) atoms. The number of benzene rings is 1. The first-order chi connectivity index (χ1) is 6.53. The first-order valence-electron chi connectivity index (χ1n) is 4.47. The molecule has 0 atom stereocenters. The Labute approximate surface area is 86.8 Å². The fourth-order valence-corrected chi connectivity index (χ4v) is 1.69. The molecule has 1 aromatic rings. The van der Waals surface area contributed by atoms with Crippen LogP contribution < -0.4 is 0 Å². The van der Waals surface area contributed by atoms with Gasteiger partial charge in [0.25, 0.3) is 5.69 Å². The Balaban J connectivity index is 2.46. The molecule has 0 unspecified atom stereocenters. The molecule has 2 rings (SSSR count). The van der Waals surface area contributed by atoms with Gasteiger partial charge in [0.2, 0.25) is 0 Å². The summed E-state index contributed by atoms with van der Waals surface area (Å²) in [4.78, 5) is 10.2. The van der Waals surface area contributed by atoms with Gasteiger partial charge in [-0.15, -0.1) is 0 Å². The van der Waals surface area contributed by atoms with E-state index >= 15 is 0 Å². The van der Waals surface area contributed by atoms with Crippen LogP contribution in [0.4, 0.5) is 5.69 Å². The molecule has 0 N–H and O–H groups in total. The maximum atomic E-state index is 10.6. The van der Waals surface area contributed by atoms with Crippen molar-refractivity contribution in [2.45, 2.75) is 25.2 Å². The third-order valence-electron chi connectivity index (χ3n) is 2.84. The van der Waals surface area contributed by atoms with Crippen LogP contribution in [0.25, 0.3) is 0 Å². The lowest BCUT2D eigenvalue weighted by atomic mass is 9.98. The molecule has 1 aliphatic carbocycles. The molecule has 3 nitrogen and oxygen atoms in total. The predicted octanol–water partition coefficient (Wildman–Crippen LogP) is 3.30. The van der Waals surface area contributed by atoms with Crippen LogP contribution in [0.3, 0.4) is 0 Å². The molecule has 0 amide bonds. The highest BCUT2D eigenvalue weighted by molar-refractivity contribution is 6.32. The van der Waals surface area contributed by atoms with Gasteiger partial charge in [-0.05, 0) is 29.9 Å². The van der Waals surface area contributed by atoms with E-state index in [2.05, 4.69) is 6.92 Å². The summed E-state index contributed by atoms with van der Waals surface area (Å²) in [6, 6.07) is 5.08. The van der Waals surface area contributed by atoms with Crippen molar-refractivity contribution in [1.82, 2.24) is 0 Å². The lowest BCUT2D eigenvalue weighted by Crippen LogP contribution is -2.00. The summed E-state index contributed by atoms with van der Waals surface area (Å²) in [6.45, 7) is 2.11. The standard InChI is InChI=1S/C10H10ClNO2/c1-10(4-5-10)7-2-3-8(11)9(6-7)12(13)14/h2-3,6H,4-5H2,1H3. The lowest BCUT2D eigenvalue weighted by molar-refractivity contribution is -0.384. The van der Waals surface area contributed by atoms with Crippen molar-refractivity contribution in [2.24, 2.45) is 0 Å². The molecule has 0 saturated heterocycles. The average molecular weight is 212 g/mol. The van der Waals surface area contributed by atoms with Crippen LogP contribution in [0.15, 0.2) is 18.2 Å². The zero-order chi connectivity index (χ0) is 10.3. The molecule has 0 radical (unpaired) electrons. The second-order valence-corrected chi connectivity index (χ2v) is 4.39. The smallest absolute Gasteiger partial charge is 0.258 e. The molecule has 1 fully saturated rings. The van der Waals surface area contributed by atoms with Crippen LogP contribution in [-0.2, 0) is 5.41 Å². The van der Waals surface area contributed by atoms with Crippen molar-refractivity contribution in [1.29, 1.82) is 0 Å². The van der Waals surface area contributed by atoms with Gasteiger partial charge in [0, 0.05) is 6.07 Å². The highest BCUT2D eigenvalue weighted by Crippen LogP contribution is 2.48. The van der Waals surface area contributed by atoms with Crippen LogP contribution in [0.2, 0.25) is 5.02 Å². The second kappa shape index (κ2) is 2.95. The van der Waals surface area contributed by atoms with E-state index in [9.17, 15) is 10.1 Å². The molecule has 0 bridgehead atoms. The molecule has 1 aromatic carbocycles. The Morgan fingerprint density at radius 3 is 2.64 bits per heavy atom. The quantitative estimate of drug-likeness (QED) is 0.557. The van der Waals surface area contributed by atoms with Crippen molar-refractivity contribution in [3.63, 3.8) is 0 Å². The fourth-order valence-electron chi connectivity index (χ4n) is 1.50. The molecule has 0 aliphatic heterocycles. The normalized spacial score (nSPS) is 17.9. The van der Waals surface area contributed by atoms with Crippen molar-refractivity contribution in [3.8, 4) is 0 Å². The number of hydrogen-bond donors (Lipinski definition) is 0. The summed E-state index contributed by atoms with van der Waals surface area (Å²) in [5.74, 6) is 0. The van der Waals surface area contributed by atoms with Crippen molar-refractivity contribution in [3.05, 3.63) is 38.9 Å². The minimum Gasteiger partial charge on any atom is -0.258 e. The van der Waals surface area contributed by atoms with Gasteiger partial charge >= 0.3 is 0 Å². The fraction of sp³-hybridized carbons (Fsp3) is 0.400. The molecule has 4 heteroatoms. The molecular weight excluding hydrogens is 202 g/mol. The van der Waals surface area contributed by atoms with Crippen LogP contribution in [0.1, 0.15) is 25.3 Å². The molecule has 1 saturated carbocycles. The molecule has 74 valence electrons. The zero-order valence-corrected chi connectivity index (χ0v) is 8.54. The summed E-state index contributed by atoms with van der Waals surface area (Å²) < 4.78 is 0. The average Bonchev–Trinajstić information content (AvgIpc) is 2.85. The van der Waals surface area contributed by atoms with Gasteiger partial charge in [-0.1, -0.05) is 24.6 Å². The van der Waals surface area contributed by atoms with Crippen molar-refractivity contribution >= 4 is 17.3 Å². The third-order valence-corrected chi connectivity index (χ3v) is 3.16. The second-order valence-electron chi connectivity index (χ2n) is 3.98. The van der Waals surface area contributed by atoms with Crippen LogP contribution in [0.5, 0.6) is 0 Å². The molecule has 0 spiro atoms. The van der Waals surface area contributed by atoms with Crippen LogP contribution in [0, 0.1) is 10.1 Å². The van der Waals surface area contributed by atoms with E-state index in [0.717, 1.165) is 18.4 Å². The summed E-state index contributed by atoms with van der Waals surface area (Å²) in [5, 5.41) is 10.9. The molecule has 0 heterocycles. The minimum absolute atomic E-state index is 0.0114. The number of rotatable bonds is 2. The topological polar surface area (TPSA) is 43.1 Å². The number of halogens is 1. The Kier molecular flexibility index (Phi) is 2.00. The molecule has 0 aromatic heterocycles. The number of nitro groups is 1. The molecule has 1 aliphatic rings. The maximum absolute atomic E-state index is 10.6. The van der Waals surface area contributed by atoms with Gasteiger partial charge in [0.15, 0.2) is 0 Å². The van der Waals surface area contributed by atoms with E-state index in [1.54, 1.807) is 12.1 Å².